The molecule has 0 radical (unpaired) electrons. The van der Waals surface area contributed by atoms with Crippen LogP contribution in [0, 0.1) is 0 Å². The van der Waals surface area contributed by atoms with E-state index >= 15 is 0 Å². The van der Waals surface area contributed by atoms with Crippen molar-refractivity contribution in [1.29, 1.82) is 0 Å². The molecule has 0 atom stereocenters. The molecule has 0 bridgehead atoms. The molecular weight excluding hydrogens is 1760 g/mol. The van der Waals surface area contributed by atoms with E-state index in [1.807, 2.05) is 0 Å². The molecule has 2 spiro atoms. The lowest BCUT2D eigenvalue weighted by Gasteiger charge is -2.33. The first-order chi connectivity index (χ1) is 72.4. The van der Waals surface area contributed by atoms with Crippen molar-refractivity contribution in [2.45, 2.75) is 10.8 Å². The van der Waals surface area contributed by atoms with Crippen molar-refractivity contribution >= 4 is 142 Å². The van der Waals surface area contributed by atoms with Crippen molar-refractivity contribution in [3.8, 4) is 100 Å². The van der Waals surface area contributed by atoms with Crippen LogP contribution in [0.2, 0.25) is 0 Å². The number of hydrogen-bond donors (Lipinski definition) is 0. The Bertz CT molecular complexity index is 9970. The molecule has 2 nitrogen and oxygen atoms in total. The third-order valence-corrected chi connectivity index (χ3v) is 32.5. The van der Waals surface area contributed by atoms with Gasteiger partial charge in [-0.15, -0.1) is 0 Å². The van der Waals surface area contributed by atoms with E-state index in [0.717, 1.165) is 50.8 Å². The molecule has 0 heterocycles. The molecule has 2 heteroatoms. The number of nitrogens with zero attached hydrogens (tertiary/aromatic N) is 2. The number of hydrogen-bond acceptors (Lipinski definition) is 2. The topological polar surface area (TPSA) is 6.48 Å². The van der Waals surface area contributed by atoms with Gasteiger partial charge in [0.1, 0.15) is 0 Å². The van der Waals surface area contributed by atoms with Crippen LogP contribution in [0.3, 0.4) is 0 Å². The van der Waals surface area contributed by atoms with E-state index in [1.54, 1.807) is 0 Å². The van der Waals surface area contributed by atoms with E-state index < -0.39 is 10.8 Å². The highest BCUT2D eigenvalue weighted by atomic mass is 15.2. The van der Waals surface area contributed by atoms with Crippen molar-refractivity contribution in [2.75, 3.05) is 9.80 Å². The summed E-state index contributed by atoms with van der Waals surface area (Å²) in [6.45, 7) is 0. The van der Waals surface area contributed by atoms with Gasteiger partial charge in [0, 0.05) is 33.9 Å². The third kappa shape index (κ3) is 12.5. The lowest BCUT2D eigenvalue weighted by Crippen LogP contribution is -2.26. The van der Waals surface area contributed by atoms with Crippen molar-refractivity contribution in [1.82, 2.24) is 0 Å². The van der Waals surface area contributed by atoms with Gasteiger partial charge in [-0.2, -0.15) is 0 Å². The Balaban J connectivity index is 0.000000136. The van der Waals surface area contributed by atoms with Gasteiger partial charge in [0.05, 0.1) is 22.2 Å². The Kier molecular flexibility index (Phi) is 18.7. The maximum Gasteiger partial charge on any atom is 0.0726 e. The van der Waals surface area contributed by atoms with Crippen LogP contribution in [0.4, 0.5) is 34.1 Å². The fraction of sp³-hybridized carbons (Fsp3) is 0.0139. The maximum absolute atomic E-state index is 2.57. The summed E-state index contributed by atoms with van der Waals surface area (Å²) in [4.78, 5) is 5.06. The van der Waals surface area contributed by atoms with Gasteiger partial charge >= 0.3 is 0 Å². The summed E-state index contributed by atoms with van der Waals surface area (Å²) in [7, 11) is 0. The number of anilines is 6. The number of rotatable bonds is 11. The monoisotopic (exact) mass is 1850 g/mol. The quantitative estimate of drug-likeness (QED) is 0.119. The van der Waals surface area contributed by atoms with E-state index in [4.69, 9.17) is 0 Å². The van der Waals surface area contributed by atoms with Crippen LogP contribution in [-0.4, -0.2) is 0 Å². The van der Waals surface area contributed by atoms with Crippen LogP contribution in [-0.2, 0) is 10.8 Å². The highest BCUT2D eigenvalue weighted by Gasteiger charge is 2.54. The van der Waals surface area contributed by atoms with E-state index in [9.17, 15) is 0 Å². The second-order valence-electron chi connectivity index (χ2n) is 39.8. The van der Waals surface area contributed by atoms with Crippen LogP contribution < -0.4 is 9.80 Å². The molecule has 0 unspecified atom stereocenters. The fourth-order valence-corrected chi connectivity index (χ4v) is 26.1. The minimum absolute atomic E-state index is 0.503. The Morgan fingerprint density at radius 3 is 0.699 bits per heavy atom. The minimum Gasteiger partial charge on any atom is -0.310 e. The highest BCUT2D eigenvalue weighted by Crippen LogP contribution is 2.67. The first kappa shape index (κ1) is 83.0. The van der Waals surface area contributed by atoms with Crippen molar-refractivity contribution < 1.29 is 0 Å². The van der Waals surface area contributed by atoms with Gasteiger partial charge in [-0.05, 0) is 326 Å². The molecule has 27 aromatic carbocycles. The summed E-state index contributed by atoms with van der Waals surface area (Å²) in [5, 5.41) is 25.2. The second kappa shape index (κ2) is 32.9. The Morgan fingerprint density at radius 1 is 0.110 bits per heavy atom. The molecule has 0 aliphatic heterocycles. The molecule has 4 aliphatic carbocycles. The average molecular weight is 1850 g/mol. The van der Waals surface area contributed by atoms with E-state index in [2.05, 4.69) is 556 Å². The van der Waals surface area contributed by atoms with Crippen molar-refractivity contribution in [2.24, 2.45) is 0 Å². The molecule has 146 heavy (non-hydrogen) atoms. The molecule has 0 saturated carbocycles. The molecule has 676 valence electrons. The lowest BCUT2D eigenvalue weighted by atomic mass is 9.70. The van der Waals surface area contributed by atoms with Gasteiger partial charge in [0.15, 0.2) is 0 Å². The second-order valence-corrected chi connectivity index (χ2v) is 39.8. The summed E-state index contributed by atoms with van der Waals surface area (Å²) < 4.78 is 0. The van der Waals surface area contributed by atoms with Gasteiger partial charge in [-0.1, -0.05) is 461 Å². The van der Waals surface area contributed by atoms with Crippen LogP contribution in [0.25, 0.3) is 208 Å². The fourth-order valence-electron chi connectivity index (χ4n) is 26.1. The van der Waals surface area contributed by atoms with Gasteiger partial charge in [-0.3, -0.25) is 0 Å². The van der Waals surface area contributed by atoms with E-state index in [1.165, 1.54) is 236 Å². The molecule has 0 saturated heterocycles. The normalized spacial score (nSPS) is 12.9. The summed E-state index contributed by atoms with van der Waals surface area (Å²) >= 11 is 0. The van der Waals surface area contributed by atoms with Crippen LogP contribution in [0.15, 0.2) is 546 Å². The van der Waals surface area contributed by atoms with Crippen LogP contribution >= 0.6 is 0 Å². The number of benzene rings is 27. The Labute approximate surface area is 846 Å². The molecule has 0 aromatic heterocycles. The molecule has 4 aliphatic rings. The molecule has 0 N–H and O–H groups in total. The van der Waals surface area contributed by atoms with Crippen LogP contribution in [0.1, 0.15) is 44.5 Å². The lowest BCUT2D eigenvalue weighted by molar-refractivity contribution is 0.794. The van der Waals surface area contributed by atoms with Gasteiger partial charge in [0.25, 0.3) is 0 Å². The molecule has 0 amide bonds. The van der Waals surface area contributed by atoms with Gasteiger partial charge < -0.3 is 9.80 Å². The standard InChI is InChI=1S/C75H47N.C69H43N/c1-2-16-48(17-3-1)49-38-40-55(41-39-49)76(56-42-43-62-60-22-7-6-20-58(60)59-21-8-9-23-61(59)68(62)45-56)74-47-73-69(65-26-12-15-29-72(65)75(73)70-27-13-10-24-63(70)64-25-11-14-28-71(64)75)46-67(74)53-32-30-50(31-33-53)54-37-36-52-35-34-51-18-4-5-19-57(51)66(52)44-54;1-2-17-49(18-3-1)70(50-38-39-56-54-22-7-6-20-52(54)53-21-8-9-23-55(53)62(56)41-50)68-43-67-63(59-26-12-15-29-66(59)69(67)64-27-13-10-24-57(64)58-25-11-14-28-65(58)69)42-61(68)47-32-30-44(31-33-47)48-37-36-46-35-34-45-16-4-5-19-51(45)60(46)40-48/h1-47H;1-43H. The Hall–Kier alpha value is -18.9. The minimum atomic E-state index is -0.530. The SMILES string of the molecule is c1ccc(-c2ccc(N(c3ccc4c5ccccc5c5ccccc5c4c3)c3cc4c(cc3-c3ccc(-c5ccc6ccc7ccccc7c6c5)cc3)-c3ccccc3C43c4ccccc4-c4ccccc43)cc2)cc1.c1ccc(N(c2ccc3c4ccccc4c4ccccc4c3c2)c2cc3c(cc2-c2ccc(-c4ccc5ccc6ccccc6c5c4)cc2)-c2ccccc2C32c3ccccc3-c3ccccc32)cc1. The maximum atomic E-state index is 2.57. The summed E-state index contributed by atoms with van der Waals surface area (Å²) in [6, 6.07) is 205. The van der Waals surface area contributed by atoms with E-state index in [-0.39, 0.29) is 0 Å². The molecule has 0 fully saturated rings. The smallest absolute Gasteiger partial charge is 0.0726 e. The molecule has 27 aromatic rings. The van der Waals surface area contributed by atoms with Crippen molar-refractivity contribution in [3.05, 3.63) is 590 Å². The van der Waals surface area contributed by atoms with Gasteiger partial charge in [0.2, 0.25) is 0 Å². The van der Waals surface area contributed by atoms with Gasteiger partial charge in [-0.25, -0.2) is 0 Å². The van der Waals surface area contributed by atoms with Crippen molar-refractivity contribution in [3.63, 3.8) is 0 Å². The summed E-state index contributed by atoms with van der Waals surface area (Å²) in [5.41, 5.74) is 38.3. The first-order valence-electron chi connectivity index (χ1n) is 50.9. The van der Waals surface area contributed by atoms with E-state index in [0.29, 0.717) is 0 Å². The predicted molar refractivity (Wildman–Crippen MR) is 617 cm³/mol. The van der Waals surface area contributed by atoms with Crippen LogP contribution in [0.5, 0.6) is 0 Å². The first-order valence-corrected chi connectivity index (χ1v) is 50.9. The summed E-state index contributed by atoms with van der Waals surface area (Å²) in [5.74, 6) is 0. The average Bonchev–Trinajstić information content (AvgIpc) is 1.51. The highest BCUT2D eigenvalue weighted by molar-refractivity contribution is 6.28. The number of para-hydroxylation sites is 1. The molecular formula is C144H90N2. The number of fused-ring (bicyclic) bond motifs is 38. The predicted octanol–water partition coefficient (Wildman–Crippen LogP) is 38.9. The largest absolute Gasteiger partial charge is 0.310 e. The zero-order chi connectivity index (χ0) is 95.8. The summed E-state index contributed by atoms with van der Waals surface area (Å²) in [6.07, 6.45) is 0. The zero-order valence-electron chi connectivity index (χ0n) is 79.9. The zero-order valence-corrected chi connectivity index (χ0v) is 79.9. The third-order valence-electron chi connectivity index (χ3n) is 32.5. The Morgan fingerprint density at radius 2 is 0.342 bits per heavy atom. The molecule has 31 rings (SSSR count).